The predicted molar refractivity (Wildman–Crippen MR) is 209 cm³/mol. The lowest BCUT2D eigenvalue weighted by molar-refractivity contribution is 0.0983. The van der Waals surface area contributed by atoms with Crippen LogP contribution in [0.2, 0.25) is 0 Å². The van der Waals surface area contributed by atoms with Gasteiger partial charge in [-0.2, -0.15) is 0 Å². The number of unbranched alkanes of at least 4 members (excludes halogenated alkanes) is 1. The van der Waals surface area contributed by atoms with E-state index in [1.165, 1.54) is 22.7 Å². The highest BCUT2D eigenvalue weighted by Crippen LogP contribution is 2.43. The molecule has 246 valence electrons. The van der Waals surface area contributed by atoms with Crippen molar-refractivity contribution >= 4 is 55.2 Å². The molecule has 3 heterocycles. The van der Waals surface area contributed by atoms with Gasteiger partial charge in [-0.25, -0.2) is 9.97 Å². The minimum absolute atomic E-state index is 0.0712. The van der Waals surface area contributed by atoms with Gasteiger partial charge in [0.15, 0.2) is 5.78 Å². The molecular weight excluding hydrogens is 663 g/mol. The quantitative estimate of drug-likeness (QED) is 0.101. The van der Waals surface area contributed by atoms with Crippen LogP contribution in [0.5, 0.6) is 0 Å². The number of Topliss-reactive ketones (excluding diaryl/α,β-unsaturated/α-hetero) is 1. The van der Waals surface area contributed by atoms with Gasteiger partial charge in [0, 0.05) is 34.7 Å². The number of aromatic nitrogens is 2. The number of thiophene rings is 1. The maximum atomic E-state index is 12.9. The maximum absolute atomic E-state index is 12.9. The number of benzene rings is 1. The van der Waals surface area contributed by atoms with Gasteiger partial charge in [0.05, 0.1) is 16.5 Å². The Labute approximate surface area is 299 Å². The number of nitrogens with zero attached hydrogens (tertiary/aromatic N) is 2. The van der Waals surface area contributed by atoms with Gasteiger partial charge in [0.2, 0.25) is 0 Å². The van der Waals surface area contributed by atoms with Crippen molar-refractivity contribution in [2.75, 3.05) is 11.5 Å². The first-order valence-electron chi connectivity index (χ1n) is 14.7. The van der Waals surface area contributed by atoms with Crippen molar-refractivity contribution in [3.63, 3.8) is 0 Å². The summed E-state index contributed by atoms with van der Waals surface area (Å²) < 4.78 is 13.6. The molecule has 2 N–H and O–H groups in total. The molecule has 0 amide bonds. The number of fused-ring (bicyclic) bond motifs is 1. The van der Waals surface area contributed by atoms with E-state index in [0.29, 0.717) is 34.1 Å². The average molecular weight is 700 g/mol. The second-order valence-electron chi connectivity index (χ2n) is 9.19. The summed E-state index contributed by atoms with van der Waals surface area (Å²) in [6.45, 7) is 25.0. The molecule has 0 aliphatic rings. The molecule has 3 aromatic heterocycles. The molecule has 0 bridgehead atoms. The van der Waals surface area contributed by atoms with E-state index in [1.807, 2.05) is 35.7 Å². The van der Waals surface area contributed by atoms with Crippen LogP contribution in [0, 0.1) is 0 Å². The lowest BCUT2D eigenvalue weighted by Crippen LogP contribution is -2.00. The zero-order valence-electron chi connectivity index (χ0n) is 27.6. The summed E-state index contributed by atoms with van der Waals surface area (Å²) >= 11 is 2.90. The number of hydrogen-bond acceptors (Lipinski definition) is 7. The number of rotatable bonds is 10. The average Bonchev–Trinajstić information content (AvgIpc) is 3.78. The summed E-state index contributed by atoms with van der Waals surface area (Å²) in [5.74, 6) is 0.650. The first-order valence-corrected chi connectivity index (χ1v) is 17.7. The number of carbonyl (C=O) groups is 1. The lowest BCUT2D eigenvalue weighted by atomic mass is 9.97. The number of pyridine rings is 1. The smallest absolute Gasteiger partial charge is 0.163 e. The topological polar surface area (TPSA) is 85.9 Å². The molecule has 0 spiro atoms. The molecule has 1 aromatic carbocycles. The van der Waals surface area contributed by atoms with Crippen LogP contribution in [0.3, 0.4) is 0 Å². The third-order valence-corrected chi connectivity index (χ3v) is 9.61. The van der Waals surface area contributed by atoms with E-state index in [0.717, 1.165) is 44.9 Å². The van der Waals surface area contributed by atoms with Gasteiger partial charge in [-0.15, -0.1) is 35.0 Å². The van der Waals surface area contributed by atoms with Crippen LogP contribution in [0.15, 0.2) is 156 Å². The molecule has 0 fully saturated rings. The Morgan fingerprint density at radius 3 is 2.16 bits per heavy atom. The van der Waals surface area contributed by atoms with E-state index in [1.54, 1.807) is 12.3 Å². The van der Waals surface area contributed by atoms with Crippen molar-refractivity contribution in [1.82, 2.24) is 9.97 Å². The highest BCUT2D eigenvalue weighted by atomic mass is 32.2. The molecule has 1 unspecified atom stereocenters. The van der Waals surface area contributed by atoms with Crippen LogP contribution in [0.4, 0.5) is 5.69 Å². The Hall–Kier alpha value is -5.66. The van der Waals surface area contributed by atoms with Crippen LogP contribution in [-0.4, -0.2) is 25.7 Å². The molecular formula is C41H37N3O2S3. The van der Waals surface area contributed by atoms with Crippen LogP contribution >= 0.6 is 22.7 Å². The Morgan fingerprint density at radius 2 is 1.61 bits per heavy atom. The SMILES string of the molecule is C=C=C.C=C=C=C=C=C.C=C=C=C=C=C=C.C=CCCC(=O)c1cccc(-c2cc(-c3nccs3)nc3sc(S(=O)CCCC)c(N)c23)c1. The number of hydrogen-bond donors (Lipinski definition) is 1. The number of allylic oxidation sites excluding steroid dienone is 1. The number of thiazole rings is 1. The van der Waals surface area contributed by atoms with Crippen LogP contribution in [0.1, 0.15) is 43.0 Å². The van der Waals surface area contributed by atoms with Crippen molar-refractivity contribution in [2.45, 2.75) is 36.8 Å². The molecule has 49 heavy (non-hydrogen) atoms. The second-order valence-corrected chi connectivity index (χ2v) is 12.9. The number of nitrogen functional groups attached to an aromatic ring is 1. The van der Waals surface area contributed by atoms with E-state index < -0.39 is 10.8 Å². The molecule has 0 aliphatic carbocycles. The number of ketones is 1. The molecule has 0 saturated carbocycles. The summed E-state index contributed by atoms with van der Waals surface area (Å²) in [6.07, 6.45) is 6.41. The summed E-state index contributed by atoms with van der Waals surface area (Å²) in [5.41, 5.74) is 34.0. The van der Waals surface area contributed by atoms with E-state index >= 15 is 0 Å². The molecule has 0 aliphatic heterocycles. The normalized spacial score (nSPS) is 9.24. The third kappa shape index (κ3) is 13.9. The van der Waals surface area contributed by atoms with E-state index in [4.69, 9.17) is 10.7 Å². The first-order chi connectivity index (χ1) is 23.8. The fourth-order valence-corrected chi connectivity index (χ4v) is 7.16. The van der Waals surface area contributed by atoms with Crippen LogP contribution in [0.25, 0.3) is 32.0 Å². The predicted octanol–water partition coefficient (Wildman–Crippen LogP) is 10.7. The van der Waals surface area contributed by atoms with Crippen LogP contribution < -0.4 is 5.73 Å². The van der Waals surface area contributed by atoms with Gasteiger partial charge in [-0.05, 0) is 91.1 Å². The molecule has 0 saturated heterocycles. The lowest BCUT2D eigenvalue weighted by Gasteiger charge is -2.09. The van der Waals surface area contributed by atoms with Gasteiger partial charge in [-0.3, -0.25) is 9.00 Å². The largest absolute Gasteiger partial charge is 0.396 e. The van der Waals surface area contributed by atoms with E-state index in [2.05, 4.69) is 115 Å². The summed E-state index contributed by atoms with van der Waals surface area (Å²) in [4.78, 5) is 22.6. The Balaban J connectivity index is 0.000000625. The number of carbonyl (C=O) groups excluding carboxylic acids is 1. The van der Waals surface area contributed by atoms with Gasteiger partial charge < -0.3 is 5.73 Å². The van der Waals surface area contributed by atoms with Gasteiger partial charge in [0.25, 0.3) is 0 Å². The number of anilines is 1. The highest BCUT2D eigenvalue weighted by molar-refractivity contribution is 7.87. The molecule has 1 atom stereocenters. The standard InChI is InChI=1S/C25H25N3O2S3.C7H4.C6H4.C3H4/c1-3-5-10-20(29)17-9-7-8-16(14-17)18-15-19(23-27-11-12-31-23)28-24-21(18)22(26)25(32-24)33(30)13-6-4-2;1-3-5-7-6-4-2;1-3-5-6-4-2;1-3-2/h3,7-9,11-12,14-15H,1,4-6,10,13,26H2,2H3;1-2H2;1-2H2;1-2H2. The van der Waals surface area contributed by atoms with Crippen molar-refractivity contribution in [3.8, 4) is 21.8 Å². The number of nitrogens with two attached hydrogens (primary N) is 1. The van der Waals surface area contributed by atoms with Crippen molar-refractivity contribution in [2.24, 2.45) is 0 Å². The highest BCUT2D eigenvalue weighted by Gasteiger charge is 2.21. The Bertz CT molecular complexity index is 2100. The van der Waals surface area contributed by atoms with Crippen molar-refractivity contribution in [3.05, 3.63) is 157 Å². The molecule has 0 radical (unpaired) electrons. The van der Waals surface area contributed by atoms with Gasteiger partial charge >= 0.3 is 0 Å². The molecule has 4 aromatic rings. The van der Waals surface area contributed by atoms with E-state index in [-0.39, 0.29) is 5.78 Å². The summed E-state index contributed by atoms with van der Waals surface area (Å²) in [7, 11) is -1.17. The molecule has 5 nitrogen and oxygen atoms in total. The molecule has 4 rings (SSSR count). The minimum Gasteiger partial charge on any atom is -0.396 e. The summed E-state index contributed by atoms with van der Waals surface area (Å²) in [6, 6.07) is 9.55. The summed E-state index contributed by atoms with van der Waals surface area (Å²) in [5, 5.41) is 3.50. The van der Waals surface area contributed by atoms with Crippen LogP contribution in [-0.2, 0) is 10.8 Å². The second kappa shape index (κ2) is 24.5. The monoisotopic (exact) mass is 699 g/mol. The van der Waals surface area contributed by atoms with Gasteiger partial charge in [-0.1, -0.05) is 73.7 Å². The van der Waals surface area contributed by atoms with Crippen molar-refractivity contribution < 1.29 is 9.00 Å². The maximum Gasteiger partial charge on any atom is 0.163 e. The van der Waals surface area contributed by atoms with Gasteiger partial charge in [0.1, 0.15) is 19.7 Å². The Morgan fingerprint density at radius 1 is 0.980 bits per heavy atom. The zero-order chi connectivity index (χ0) is 36.4. The fourth-order valence-electron chi connectivity index (χ4n) is 3.77. The molecule has 8 heteroatoms. The third-order valence-electron chi connectivity index (χ3n) is 5.82. The Kier molecular flexibility index (Phi) is 20.7. The van der Waals surface area contributed by atoms with Crippen molar-refractivity contribution in [1.29, 1.82) is 0 Å². The minimum atomic E-state index is -1.17. The first kappa shape index (κ1) is 41.4. The fraction of sp³-hybridized carbons (Fsp3) is 0.146. The zero-order valence-corrected chi connectivity index (χ0v) is 30.1. The van der Waals surface area contributed by atoms with E-state index in [9.17, 15) is 9.00 Å².